The van der Waals surface area contributed by atoms with Crippen molar-refractivity contribution in [2.24, 2.45) is 5.10 Å². The first-order valence-electron chi connectivity index (χ1n) is 6.79. The minimum Gasteiger partial charge on any atom is -0.288 e. The number of rotatable bonds is 4. The average Bonchev–Trinajstić information content (AvgIpc) is 2.58. The number of benzene rings is 2. The van der Waals surface area contributed by atoms with Crippen LogP contribution in [0.15, 0.2) is 64.5 Å². The summed E-state index contributed by atoms with van der Waals surface area (Å²) in [4.78, 5) is 14.6. The summed E-state index contributed by atoms with van der Waals surface area (Å²) in [7, 11) is 0. The zero-order valence-corrected chi connectivity index (χ0v) is 12.7. The molecular weight excluding hydrogens is 314 g/mol. The van der Waals surface area contributed by atoms with Gasteiger partial charge in [0, 0.05) is 10.6 Å². The first-order chi connectivity index (χ1) is 11.2. The number of H-pyrrole nitrogens is 1. The number of aromatic amines is 1. The average molecular weight is 326 g/mol. The van der Waals surface area contributed by atoms with Crippen LogP contribution in [-0.4, -0.2) is 21.4 Å². The fraction of sp³-hybridized carbons (Fsp3) is 0. The predicted octanol–water partition coefficient (Wildman–Crippen LogP) is 2.93. The maximum absolute atomic E-state index is 12.0. The SMILES string of the molecule is O=c1[nH]c(N/N=C\c2ccc(Cl)cc2)nnc1-c1ccccc1. The maximum atomic E-state index is 12.0. The highest BCUT2D eigenvalue weighted by atomic mass is 35.5. The molecule has 6 nitrogen and oxygen atoms in total. The van der Waals surface area contributed by atoms with E-state index in [1.807, 2.05) is 30.3 Å². The van der Waals surface area contributed by atoms with Crippen molar-refractivity contribution in [2.45, 2.75) is 0 Å². The quantitative estimate of drug-likeness (QED) is 0.570. The zero-order chi connectivity index (χ0) is 16.1. The first kappa shape index (κ1) is 14.9. The Morgan fingerprint density at radius 2 is 1.78 bits per heavy atom. The third kappa shape index (κ3) is 3.81. The molecule has 2 N–H and O–H groups in total. The molecule has 0 radical (unpaired) electrons. The summed E-state index contributed by atoms with van der Waals surface area (Å²) in [6, 6.07) is 16.3. The highest BCUT2D eigenvalue weighted by Gasteiger charge is 2.06. The second kappa shape index (κ2) is 6.85. The van der Waals surface area contributed by atoms with Crippen molar-refractivity contribution in [1.82, 2.24) is 15.2 Å². The Bertz CT molecular complexity index is 875. The Balaban J connectivity index is 1.73. The van der Waals surface area contributed by atoms with Crippen molar-refractivity contribution in [3.8, 4) is 11.3 Å². The first-order valence-corrected chi connectivity index (χ1v) is 7.17. The molecule has 0 bridgehead atoms. The zero-order valence-electron chi connectivity index (χ0n) is 11.9. The van der Waals surface area contributed by atoms with E-state index in [1.165, 1.54) is 0 Å². The summed E-state index contributed by atoms with van der Waals surface area (Å²) >= 11 is 5.81. The number of hydrogen-bond donors (Lipinski definition) is 2. The lowest BCUT2D eigenvalue weighted by Gasteiger charge is -2.01. The van der Waals surface area contributed by atoms with Crippen molar-refractivity contribution < 1.29 is 0 Å². The van der Waals surface area contributed by atoms with Gasteiger partial charge in [0.25, 0.3) is 5.56 Å². The molecule has 23 heavy (non-hydrogen) atoms. The van der Waals surface area contributed by atoms with E-state index in [-0.39, 0.29) is 17.2 Å². The summed E-state index contributed by atoms with van der Waals surface area (Å²) in [6.45, 7) is 0. The van der Waals surface area contributed by atoms with Crippen LogP contribution in [0.2, 0.25) is 5.02 Å². The van der Waals surface area contributed by atoms with Crippen LogP contribution < -0.4 is 11.0 Å². The molecule has 0 aliphatic heterocycles. The fourth-order valence-corrected chi connectivity index (χ4v) is 2.02. The van der Waals surface area contributed by atoms with Crippen LogP contribution in [0, 0.1) is 0 Å². The number of aromatic nitrogens is 3. The highest BCUT2D eigenvalue weighted by Crippen LogP contribution is 2.11. The molecular formula is C16H12ClN5O. The van der Waals surface area contributed by atoms with E-state index in [1.54, 1.807) is 30.5 Å². The van der Waals surface area contributed by atoms with E-state index in [9.17, 15) is 4.79 Å². The van der Waals surface area contributed by atoms with Gasteiger partial charge in [-0.2, -0.15) is 5.10 Å². The van der Waals surface area contributed by atoms with Gasteiger partial charge in [-0.3, -0.25) is 9.78 Å². The van der Waals surface area contributed by atoms with Crippen LogP contribution in [0.3, 0.4) is 0 Å². The Morgan fingerprint density at radius 3 is 2.48 bits per heavy atom. The molecule has 0 fully saturated rings. The standard InChI is InChI=1S/C16H12ClN5O/c17-13-8-6-11(7-9-13)10-18-21-16-19-15(23)14(20-22-16)12-4-2-1-3-5-12/h1-10H,(H2,19,21,22,23)/b18-10-. The molecule has 0 saturated heterocycles. The van der Waals surface area contributed by atoms with Gasteiger partial charge in [0.05, 0.1) is 6.21 Å². The second-order valence-corrected chi connectivity index (χ2v) is 5.08. The Hall–Kier alpha value is -2.99. The van der Waals surface area contributed by atoms with Gasteiger partial charge in [0.1, 0.15) is 0 Å². The monoisotopic (exact) mass is 325 g/mol. The topological polar surface area (TPSA) is 83.0 Å². The number of nitrogens with one attached hydrogen (secondary N) is 2. The van der Waals surface area contributed by atoms with Gasteiger partial charge in [-0.25, -0.2) is 5.43 Å². The molecule has 0 aliphatic rings. The van der Waals surface area contributed by atoms with Gasteiger partial charge in [-0.1, -0.05) is 54.1 Å². The summed E-state index contributed by atoms with van der Waals surface area (Å²) in [5, 5.41) is 12.5. The third-order valence-electron chi connectivity index (χ3n) is 3.00. The summed E-state index contributed by atoms with van der Waals surface area (Å²) < 4.78 is 0. The molecule has 7 heteroatoms. The molecule has 0 atom stereocenters. The van der Waals surface area contributed by atoms with Crippen molar-refractivity contribution in [2.75, 3.05) is 5.43 Å². The second-order valence-electron chi connectivity index (χ2n) is 4.64. The fourth-order valence-electron chi connectivity index (χ4n) is 1.89. The van der Waals surface area contributed by atoms with E-state index in [0.717, 1.165) is 5.56 Å². The number of hydrogen-bond acceptors (Lipinski definition) is 5. The maximum Gasteiger partial charge on any atom is 0.279 e. The van der Waals surface area contributed by atoms with Gasteiger partial charge in [-0.15, -0.1) is 10.2 Å². The number of anilines is 1. The van der Waals surface area contributed by atoms with Crippen molar-refractivity contribution >= 4 is 23.8 Å². The highest BCUT2D eigenvalue weighted by molar-refractivity contribution is 6.30. The lowest BCUT2D eigenvalue weighted by Crippen LogP contribution is -2.15. The van der Waals surface area contributed by atoms with Crippen molar-refractivity contribution in [3.05, 3.63) is 75.5 Å². The number of halogens is 1. The van der Waals surface area contributed by atoms with Gasteiger partial charge in [-0.05, 0) is 17.7 Å². The molecule has 2 aromatic carbocycles. The lowest BCUT2D eigenvalue weighted by atomic mass is 10.2. The van der Waals surface area contributed by atoms with Crippen LogP contribution in [0.5, 0.6) is 0 Å². The Labute approximate surface area is 136 Å². The van der Waals surface area contributed by atoms with E-state index < -0.39 is 0 Å². The largest absolute Gasteiger partial charge is 0.288 e. The van der Waals surface area contributed by atoms with Crippen LogP contribution in [0.25, 0.3) is 11.3 Å². The Morgan fingerprint density at radius 1 is 1.04 bits per heavy atom. The van der Waals surface area contributed by atoms with Gasteiger partial charge in [0.2, 0.25) is 5.95 Å². The van der Waals surface area contributed by atoms with Crippen LogP contribution in [0.4, 0.5) is 5.95 Å². The number of hydrazone groups is 1. The van der Waals surface area contributed by atoms with E-state index in [0.29, 0.717) is 10.6 Å². The molecule has 3 rings (SSSR count). The molecule has 114 valence electrons. The number of nitrogens with zero attached hydrogens (tertiary/aromatic N) is 3. The minimum absolute atomic E-state index is 0.167. The van der Waals surface area contributed by atoms with Crippen LogP contribution in [-0.2, 0) is 0 Å². The van der Waals surface area contributed by atoms with Gasteiger partial charge >= 0.3 is 0 Å². The van der Waals surface area contributed by atoms with E-state index in [2.05, 4.69) is 25.7 Å². The Kier molecular flexibility index (Phi) is 4.44. The molecule has 0 amide bonds. The normalized spacial score (nSPS) is 10.8. The van der Waals surface area contributed by atoms with Gasteiger partial charge in [0.15, 0.2) is 5.69 Å². The lowest BCUT2D eigenvalue weighted by molar-refractivity contribution is 0.947. The van der Waals surface area contributed by atoms with Crippen molar-refractivity contribution in [3.63, 3.8) is 0 Å². The van der Waals surface area contributed by atoms with Crippen LogP contribution in [0.1, 0.15) is 5.56 Å². The molecule has 0 spiro atoms. The summed E-state index contributed by atoms with van der Waals surface area (Å²) in [5.74, 6) is 0.167. The molecule has 3 aromatic rings. The molecule has 0 aliphatic carbocycles. The molecule has 0 saturated carbocycles. The van der Waals surface area contributed by atoms with Gasteiger partial charge < -0.3 is 0 Å². The smallest absolute Gasteiger partial charge is 0.279 e. The minimum atomic E-state index is -0.338. The predicted molar refractivity (Wildman–Crippen MR) is 90.8 cm³/mol. The van der Waals surface area contributed by atoms with E-state index in [4.69, 9.17) is 11.6 Å². The summed E-state index contributed by atoms with van der Waals surface area (Å²) in [5.41, 5.74) is 4.12. The molecule has 1 aromatic heterocycles. The van der Waals surface area contributed by atoms with Crippen LogP contribution >= 0.6 is 11.6 Å². The summed E-state index contributed by atoms with van der Waals surface area (Å²) in [6.07, 6.45) is 1.58. The third-order valence-corrected chi connectivity index (χ3v) is 3.25. The molecule has 0 unspecified atom stereocenters. The van der Waals surface area contributed by atoms with Crippen molar-refractivity contribution in [1.29, 1.82) is 0 Å². The van der Waals surface area contributed by atoms with E-state index >= 15 is 0 Å². The molecule has 1 heterocycles.